The van der Waals surface area contributed by atoms with Gasteiger partial charge < -0.3 is 14.8 Å². The lowest BCUT2D eigenvalue weighted by molar-refractivity contribution is -0.221. The molecule has 0 aromatic heterocycles. The lowest BCUT2D eigenvalue weighted by Crippen LogP contribution is -2.64. The van der Waals surface area contributed by atoms with Crippen LogP contribution in [0.3, 0.4) is 0 Å². The largest absolute Gasteiger partial charge is 0.354 e. The molecule has 29 heavy (non-hydrogen) atoms. The highest BCUT2D eigenvalue weighted by Gasteiger charge is 2.48. The fraction of sp³-hybridized carbons (Fsp3) is 0.533. The van der Waals surface area contributed by atoms with Gasteiger partial charge in [0.25, 0.3) is 16.0 Å². The van der Waals surface area contributed by atoms with Gasteiger partial charge in [-0.25, -0.2) is 0 Å². The van der Waals surface area contributed by atoms with Gasteiger partial charge in [0.05, 0.1) is 31.0 Å². The molecule has 0 bridgehead atoms. The Balaban J connectivity index is 2.42. The maximum absolute atomic E-state index is 12.6. The van der Waals surface area contributed by atoms with Crippen molar-refractivity contribution in [2.75, 3.05) is 19.9 Å². The van der Waals surface area contributed by atoms with Gasteiger partial charge in [-0.3, -0.25) is 8.98 Å². The lowest BCUT2D eigenvalue weighted by Gasteiger charge is -2.43. The summed E-state index contributed by atoms with van der Waals surface area (Å²) in [5, 5.41) is 9.62. The maximum atomic E-state index is 12.6. The Labute approximate surface area is 166 Å². The number of azide groups is 2. The first kappa shape index (κ1) is 22.4. The number of carbonyl (C=O) groups excluding carboxylic acids is 1. The van der Waals surface area contributed by atoms with Crippen molar-refractivity contribution in [3.63, 3.8) is 0 Å². The molecule has 4 unspecified atom stereocenters. The second-order valence-electron chi connectivity index (χ2n) is 6.02. The van der Waals surface area contributed by atoms with Gasteiger partial charge in [-0.15, -0.1) is 0 Å². The highest BCUT2D eigenvalue weighted by Crippen LogP contribution is 2.28. The van der Waals surface area contributed by atoms with E-state index in [-0.39, 0.29) is 6.54 Å². The molecular formula is C15H19N7O6S. The number of rotatable bonds is 8. The van der Waals surface area contributed by atoms with Gasteiger partial charge in [0.15, 0.2) is 6.29 Å². The van der Waals surface area contributed by atoms with E-state index in [1.165, 1.54) is 7.11 Å². The number of hydrogen-bond acceptors (Lipinski definition) is 8. The molecule has 1 fully saturated rings. The Morgan fingerprint density at radius 3 is 2.52 bits per heavy atom. The van der Waals surface area contributed by atoms with Crippen molar-refractivity contribution in [1.29, 1.82) is 0 Å². The van der Waals surface area contributed by atoms with Crippen molar-refractivity contribution in [2.45, 2.75) is 30.6 Å². The van der Waals surface area contributed by atoms with Crippen molar-refractivity contribution in [3.8, 4) is 0 Å². The molecule has 1 saturated heterocycles. The summed E-state index contributed by atoms with van der Waals surface area (Å²) in [6.07, 6.45) is -2.79. The summed E-state index contributed by atoms with van der Waals surface area (Å²) < 4.78 is 39.4. The van der Waals surface area contributed by atoms with E-state index in [4.69, 9.17) is 24.7 Å². The van der Waals surface area contributed by atoms with Gasteiger partial charge >= 0.3 is 0 Å². The first-order valence-electron chi connectivity index (χ1n) is 8.28. The summed E-state index contributed by atoms with van der Waals surface area (Å²) in [7, 11) is -2.72. The van der Waals surface area contributed by atoms with Crippen LogP contribution in [-0.2, 0) is 23.8 Å². The highest BCUT2D eigenvalue weighted by molar-refractivity contribution is 7.86. The molecule has 156 valence electrons. The molecule has 0 aliphatic carbocycles. The summed E-state index contributed by atoms with van der Waals surface area (Å²) in [6.45, 7) is -0.312. The molecule has 5 atom stereocenters. The number of nitrogens with zero attached hydrogens (tertiary/aromatic N) is 6. The van der Waals surface area contributed by atoms with Crippen molar-refractivity contribution in [3.05, 3.63) is 56.8 Å². The van der Waals surface area contributed by atoms with E-state index in [1.807, 2.05) is 0 Å². The molecular weight excluding hydrogens is 406 g/mol. The molecule has 1 aliphatic heterocycles. The fourth-order valence-electron chi connectivity index (χ4n) is 2.88. The third-order valence-electron chi connectivity index (χ3n) is 4.03. The van der Waals surface area contributed by atoms with E-state index < -0.39 is 46.6 Å². The molecule has 14 heteroatoms. The summed E-state index contributed by atoms with van der Waals surface area (Å²) in [4.78, 5) is 17.9. The van der Waals surface area contributed by atoms with Crippen LogP contribution >= 0.6 is 0 Å². The molecule has 0 radical (unpaired) electrons. The zero-order valence-electron chi connectivity index (χ0n) is 15.5. The van der Waals surface area contributed by atoms with E-state index in [2.05, 4.69) is 25.4 Å². The monoisotopic (exact) mass is 425 g/mol. The minimum absolute atomic E-state index is 0.312. The number of methoxy groups -OCH3 is 1. The maximum Gasteiger partial charge on any atom is 0.264 e. The first-order chi connectivity index (χ1) is 13.8. The van der Waals surface area contributed by atoms with Gasteiger partial charge in [-0.1, -0.05) is 28.4 Å². The van der Waals surface area contributed by atoms with Crippen LogP contribution in [-0.4, -0.2) is 64.8 Å². The summed E-state index contributed by atoms with van der Waals surface area (Å²) in [5.41, 5.74) is 17.9. The molecule has 1 aliphatic rings. The standard InChI is InChI=1S/C15H19N7O6S/c1-26-15-12(19-14(23)9-6-4-3-5-7-9)11(20-22-17)13(28-29(2,24)25)10(27-15)8-18-21-16/h3-7,10-13,15H,8H2,1-2H3,(H,19,23)/t10?,11?,12?,13-,15?/m0/s1. The Morgan fingerprint density at radius 1 is 1.28 bits per heavy atom. The molecule has 1 aromatic rings. The van der Waals surface area contributed by atoms with E-state index in [1.54, 1.807) is 30.3 Å². The van der Waals surface area contributed by atoms with E-state index >= 15 is 0 Å². The normalized spacial score (nSPS) is 26.6. The number of carbonyl (C=O) groups is 1. The average Bonchev–Trinajstić information content (AvgIpc) is 2.69. The van der Waals surface area contributed by atoms with Crippen LogP contribution < -0.4 is 5.32 Å². The topological polar surface area (TPSA) is 188 Å². The molecule has 1 N–H and O–H groups in total. The zero-order valence-corrected chi connectivity index (χ0v) is 16.3. The Morgan fingerprint density at radius 2 is 1.97 bits per heavy atom. The number of ether oxygens (including phenoxy) is 2. The van der Waals surface area contributed by atoms with Gasteiger partial charge in [-0.05, 0) is 23.2 Å². The van der Waals surface area contributed by atoms with E-state index in [0.717, 1.165) is 6.26 Å². The predicted octanol–water partition coefficient (Wildman–Crippen LogP) is 1.49. The Kier molecular flexibility index (Phi) is 7.79. The number of hydrogen-bond donors (Lipinski definition) is 1. The minimum atomic E-state index is -4.01. The van der Waals surface area contributed by atoms with Crippen LogP contribution in [0.25, 0.3) is 20.9 Å². The van der Waals surface area contributed by atoms with Crippen molar-refractivity contribution in [1.82, 2.24) is 5.32 Å². The fourth-order valence-corrected chi connectivity index (χ4v) is 3.52. The predicted molar refractivity (Wildman–Crippen MR) is 100 cm³/mol. The number of nitrogens with one attached hydrogen (secondary N) is 1. The SMILES string of the molecule is COC1OC(CN=[N+]=[N-])[C@H](OS(C)(=O)=O)C(N=[N+]=[N-])C1NC(=O)c1ccccc1. The van der Waals surface area contributed by atoms with Crippen LogP contribution in [0.1, 0.15) is 10.4 Å². The smallest absolute Gasteiger partial charge is 0.264 e. The Hall–Kier alpha value is -2.86. The second-order valence-corrected chi connectivity index (χ2v) is 7.62. The second kappa shape index (κ2) is 10.1. The molecule has 0 spiro atoms. The molecule has 2 rings (SSSR count). The third-order valence-corrected chi connectivity index (χ3v) is 4.61. The molecule has 13 nitrogen and oxygen atoms in total. The molecule has 1 heterocycles. The molecule has 1 amide bonds. The van der Waals surface area contributed by atoms with Crippen LogP contribution in [0.5, 0.6) is 0 Å². The number of benzene rings is 1. The lowest BCUT2D eigenvalue weighted by atomic mass is 9.94. The van der Waals surface area contributed by atoms with Gasteiger partial charge in [0, 0.05) is 22.5 Å². The third kappa shape index (κ3) is 6.06. The Bertz CT molecular complexity index is 914. The molecule has 0 saturated carbocycles. The van der Waals surface area contributed by atoms with Gasteiger partial charge in [0.1, 0.15) is 6.10 Å². The van der Waals surface area contributed by atoms with Crippen molar-refractivity contribution >= 4 is 16.0 Å². The zero-order chi connectivity index (χ0) is 21.4. The van der Waals surface area contributed by atoms with Crippen LogP contribution in [0.15, 0.2) is 40.6 Å². The van der Waals surface area contributed by atoms with Crippen molar-refractivity contribution in [2.24, 2.45) is 10.2 Å². The minimum Gasteiger partial charge on any atom is -0.354 e. The summed E-state index contributed by atoms with van der Waals surface area (Å²) in [5.74, 6) is -0.522. The van der Waals surface area contributed by atoms with E-state index in [9.17, 15) is 13.2 Å². The average molecular weight is 425 g/mol. The first-order valence-corrected chi connectivity index (χ1v) is 10.1. The van der Waals surface area contributed by atoms with Crippen LogP contribution in [0.4, 0.5) is 0 Å². The molecule has 1 aromatic carbocycles. The van der Waals surface area contributed by atoms with Crippen LogP contribution in [0, 0.1) is 0 Å². The van der Waals surface area contributed by atoms with Gasteiger partial charge in [0.2, 0.25) is 0 Å². The summed E-state index contributed by atoms with van der Waals surface area (Å²) in [6, 6.07) is 5.87. The summed E-state index contributed by atoms with van der Waals surface area (Å²) >= 11 is 0. The van der Waals surface area contributed by atoms with Crippen LogP contribution in [0.2, 0.25) is 0 Å². The van der Waals surface area contributed by atoms with Crippen molar-refractivity contribution < 1.29 is 26.9 Å². The van der Waals surface area contributed by atoms with E-state index in [0.29, 0.717) is 5.56 Å². The highest BCUT2D eigenvalue weighted by atomic mass is 32.2. The van der Waals surface area contributed by atoms with Gasteiger partial charge in [-0.2, -0.15) is 8.42 Å². The quantitative estimate of drug-likeness (QED) is 0.284. The number of amides is 1.